The number of carbonyl (C=O) groups is 1. The Bertz CT molecular complexity index is 327. The van der Waals surface area contributed by atoms with Crippen molar-refractivity contribution in [1.82, 2.24) is 5.32 Å². The number of carbonyl (C=O) groups excluding carboxylic acids is 1. The van der Waals surface area contributed by atoms with E-state index >= 15 is 0 Å². The average molecular weight is 222 g/mol. The highest BCUT2D eigenvalue weighted by Crippen LogP contribution is 2.05. The number of amides is 1. The molecule has 3 N–H and O–H groups in total. The molecule has 0 spiro atoms. The largest absolute Gasteiger partial charge is 0.372 e. The van der Waals surface area contributed by atoms with E-state index in [1.165, 1.54) is 0 Å². The van der Waals surface area contributed by atoms with Gasteiger partial charge >= 0.3 is 0 Å². The highest BCUT2D eigenvalue weighted by atomic mass is 16.5. The molecule has 0 aromatic heterocycles. The van der Waals surface area contributed by atoms with Crippen LogP contribution in [0.3, 0.4) is 0 Å². The zero-order valence-corrected chi connectivity index (χ0v) is 9.64. The first-order chi connectivity index (χ1) is 7.65. The first-order valence-corrected chi connectivity index (χ1v) is 5.28. The fraction of sp³-hybridized carbons (Fsp3) is 0.417. The number of ether oxygens (including phenoxy) is 1. The van der Waals surface area contributed by atoms with Crippen molar-refractivity contribution in [3.63, 3.8) is 0 Å². The zero-order valence-electron chi connectivity index (χ0n) is 9.64. The SMILES string of the molecule is CNC(=O)[C@@H](N)[C@H](C)OCc1ccccc1. The summed E-state index contributed by atoms with van der Waals surface area (Å²) < 4.78 is 5.53. The van der Waals surface area contributed by atoms with Crippen molar-refractivity contribution < 1.29 is 9.53 Å². The molecule has 0 bridgehead atoms. The second kappa shape index (κ2) is 6.25. The van der Waals surface area contributed by atoms with Crippen LogP contribution < -0.4 is 11.1 Å². The smallest absolute Gasteiger partial charge is 0.239 e. The van der Waals surface area contributed by atoms with Gasteiger partial charge in [-0.05, 0) is 12.5 Å². The first-order valence-electron chi connectivity index (χ1n) is 5.28. The van der Waals surface area contributed by atoms with Crippen LogP contribution in [0.15, 0.2) is 30.3 Å². The van der Waals surface area contributed by atoms with Crippen LogP contribution in [0.4, 0.5) is 0 Å². The zero-order chi connectivity index (χ0) is 12.0. The van der Waals surface area contributed by atoms with Crippen molar-refractivity contribution in [2.24, 2.45) is 5.73 Å². The number of hydrogen-bond acceptors (Lipinski definition) is 3. The highest BCUT2D eigenvalue weighted by Gasteiger charge is 2.19. The molecule has 0 aliphatic rings. The molecular weight excluding hydrogens is 204 g/mol. The van der Waals surface area contributed by atoms with Gasteiger partial charge in [0.2, 0.25) is 5.91 Å². The van der Waals surface area contributed by atoms with Crippen molar-refractivity contribution >= 4 is 5.91 Å². The summed E-state index contributed by atoms with van der Waals surface area (Å²) in [7, 11) is 1.56. The maximum absolute atomic E-state index is 11.2. The minimum absolute atomic E-state index is 0.208. The monoisotopic (exact) mass is 222 g/mol. The van der Waals surface area contributed by atoms with E-state index < -0.39 is 6.04 Å². The Labute approximate surface area is 95.8 Å². The molecule has 0 radical (unpaired) electrons. The number of hydrogen-bond donors (Lipinski definition) is 2. The van der Waals surface area contributed by atoms with Crippen molar-refractivity contribution in [2.45, 2.75) is 25.7 Å². The molecule has 0 fully saturated rings. The molecule has 0 aliphatic carbocycles. The van der Waals surface area contributed by atoms with Gasteiger partial charge in [0.1, 0.15) is 6.04 Å². The summed E-state index contributed by atoms with van der Waals surface area (Å²) in [5, 5.41) is 2.50. The minimum atomic E-state index is -0.631. The molecule has 2 atom stereocenters. The lowest BCUT2D eigenvalue weighted by atomic mass is 10.2. The van der Waals surface area contributed by atoms with E-state index in [9.17, 15) is 4.79 Å². The highest BCUT2D eigenvalue weighted by molar-refractivity contribution is 5.81. The second-order valence-electron chi connectivity index (χ2n) is 3.64. The molecule has 1 rings (SSSR count). The lowest BCUT2D eigenvalue weighted by Crippen LogP contribution is -2.46. The van der Waals surface area contributed by atoms with E-state index in [1.807, 2.05) is 30.3 Å². The van der Waals surface area contributed by atoms with Crippen LogP contribution in [0.5, 0.6) is 0 Å². The molecule has 0 unspecified atom stereocenters. The Morgan fingerprint density at radius 3 is 2.62 bits per heavy atom. The molecule has 0 aliphatic heterocycles. The van der Waals surface area contributed by atoms with E-state index in [-0.39, 0.29) is 12.0 Å². The van der Waals surface area contributed by atoms with Crippen molar-refractivity contribution in [2.75, 3.05) is 7.05 Å². The van der Waals surface area contributed by atoms with Gasteiger partial charge in [-0.3, -0.25) is 4.79 Å². The van der Waals surface area contributed by atoms with Crippen molar-refractivity contribution in [1.29, 1.82) is 0 Å². The molecule has 4 heteroatoms. The summed E-state index contributed by atoms with van der Waals surface area (Å²) >= 11 is 0. The molecule has 0 saturated heterocycles. The molecule has 88 valence electrons. The number of nitrogens with two attached hydrogens (primary N) is 1. The maximum Gasteiger partial charge on any atom is 0.239 e. The van der Waals surface area contributed by atoms with Crippen LogP contribution >= 0.6 is 0 Å². The number of nitrogens with one attached hydrogen (secondary N) is 1. The van der Waals surface area contributed by atoms with Crippen LogP contribution in [0, 0.1) is 0 Å². The molecule has 0 saturated carbocycles. The van der Waals surface area contributed by atoms with Gasteiger partial charge in [0, 0.05) is 7.05 Å². The van der Waals surface area contributed by atoms with E-state index in [0.29, 0.717) is 6.61 Å². The number of rotatable bonds is 5. The molecular formula is C12H18N2O2. The lowest BCUT2D eigenvalue weighted by Gasteiger charge is -2.19. The predicted octanol–water partition coefficient (Wildman–Crippen LogP) is 0.665. The van der Waals surface area contributed by atoms with E-state index in [1.54, 1.807) is 14.0 Å². The van der Waals surface area contributed by atoms with Crippen molar-refractivity contribution in [3.8, 4) is 0 Å². The fourth-order valence-electron chi connectivity index (χ4n) is 1.29. The molecule has 1 aromatic rings. The fourth-order valence-corrected chi connectivity index (χ4v) is 1.29. The molecule has 4 nitrogen and oxygen atoms in total. The summed E-state index contributed by atoms with van der Waals surface area (Å²) in [6.07, 6.45) is -0.305. The molecule has 1 aromatic carbocycles. The van der Waals surface area contributed by atoms with Gasteiger partial charge in [0.15, 0.2) is 0 Å². The Balaban J connectivity index is 2.41. The third-order valence-corrected chi connectivity index (χ3v) is 2.41. The van der Waals surface area contributed by atoms with Gasteiger partial charge in [0.25, 0.3) is 0 Å². The Kier molecular flexibility index (Phi) is 4.95. The van der Waals surface area contributed by atoms with E-state index in [0.717, 1.165) is 5.56 Å². The molecule has 0 heterocycles. The minimum Gasteiger partial charge on any atom is -0.372 e. The Morgan fingerprint density at radius 1 is 1.44 bits per heavy atom. The normalized spacial score (nSPS) is 14.2. The molecule has 16 heavy (non-hydrogen) atoms. The standard InChI is InChI=1S/C12H18N2O2/c1-9(11(13)12(15)14-2)16-8-10-6-4-3-5-7-10/h3-7,9,11H,8,13H2,1-2H3,(H,14,15)/t9-,11-/m0/s1. The van der Waals surface area contributed by atoms with Crippen LogP contribution in [0.1, 0.15) is 12.5 Å². The van der Waals surface area contributed by atoms with Gasteiger partial charge in [-0.25, -0.2) is 0 Å². The van der Waals surface area contributed by atoms with Gasteiger partial charge in [0.05, 0.1) is 12.7 Å². The summed E-state index contributed by atoms with van der Waals surface area (Å²) in [5.74, 6) is -0.208. The van der Waals surface area contributed by atoms with Gasteiger partial charge in [-0.2, -0.15) is 0 Å². The Morgan fingerprint density at radius 2 is 2.06 bits per heavy atom. The third-order valence-electron chi connectivity index (χ3n) is 2.41. The second-order valence-corrected chi connectivity index (χ2v) is 3.64. The van der Waals surface area contributed by atoms with Crippen molar-refractivity contribution in [3.05, 3.63) is 35.9 Å². The van der Waals surface area contributed by atoms with Gasteiger partial charge in [-0.1, -0.05) is 30.3 Å². The number of benzene rings is 1. The average Bonchev–Trinajstić information content (AvgIpc) is 2.35. The van der Waals surface area contributed by atoms with Gasteiger partial charge in [-0.15, -0.1) is 0 Å². The summed E-state index contributed by atoms with van der Waals surface area (Å²) in [4.78, 5) is 11.2. The van der Waals surface area contributed by atoms with Crippen LogP contribution in [0.25, 0.3) is 0 Å². The first kappa shape index (κ1) is 12.7. The summed E-state index contributed by atoms with van der Waals surface area (Å²) in [6, 6.07) is 9.15. The summed E-state index contributed by atoms with van der Waals surface area (Å²) in [5.41, 5.74) is 6.77. The Hall–Kier alpha value is -1.39. The quantitative estimate of drug-likeness (QED) is 0.769. The summed E-state index contributed by atoms with van der Waals surface area (Å²) in [6.45, 7) is 2.26. The van der Waals surface area contributed by atoms with Crippen LogP contribution in [-0.2, 0) is 16.1 Å². The lowest BCUT2D eigenvalue weighted by molar-refractivity contribution is -0.125. The van der Waals surface area contributed by atoms with Crippen LogP contribution in [0.2, 0.25) is 0 Å². The predicted molar refractivity (Wildman–Crippen MR) is 62.7 cm³/mol. The molecule has 1 amide bonds. The maximum atomic E-state index is 11.2. The third kappa shape index (κ3) is 3.64. The van der Waals surface area contributed by atoms with E-state index in [4.69, 9.17) is 10.5 Å². The number of likely N-dealkylation sites (N-methyl/N-ethyl adjacent to an activating group) is 1. The van der Waals surface area contributed by atoms with Gasteiger partial charge < -0.3 is 15.8 Å². The topological polar surface area (TPSA) is 64.4 Å². The van der Waals surface area contributed by atoms with E-state index in [2.05, 4.69) is 5.32 Å². The van der Waals surface area contributed by atoms with Crippen LogP contribution in [-0.4, -0.2) is 25.1 Å².